The molecule has 102 valence electrons. The van der Waals surface area contributed by atoms with Gasteiger partial charge in [-0.15, -0.1) is 0 Å². The number of nitrogens with one attached hydrogen (secondary N) is 1. The number of rotatable bonds is 2. The van der Waals surface area contributed by atoms with E-state index in [1.165, 1.54) is 11.1 Å². The molecule has 2 aromatic rings. The minimum atomic E-state index is -0.0412. The molecule has 3 N–H and O–H groups in total. The Labute approximate surface area is 117 Å². The minimum Gasteiger partial charge on any atom is -0.334 e. The summed E-state index contributed by atoms with van der Waals surface area (Å²) in [6, 6.07) is 11.7. The van der Waals surface area contributed by atoms with E-state index in [0.29, 0.717) is 17.9 Å². The highest BCUT2D eigenvalue weighted by Gasteiger charge is 2.23. The molecule has 5 nitrogen and oxygen atoms in total. The van der Waals surface area contributed by atoms with Crippen molar-refractivity contribution in [2.24, 2.45) is 5.84 Å². The molecule has 3 rings (SSSR count). The average molecular weight is 268 g/mol. The van der Waals surface area contributed by atoms with E-state index in [2.05, 4.69) is 22.5 Å². The van der Waals surface area contributed by atoms with Crippen molar-refractivity contribution in [3.8, 4) is 0 Å². The zero-order valence-electron chi connectivity index (χ0n) is 11.0. The summed E-state index contributed by atoms with van der Waals surface area (Å²) < 4.78 is 0. The Bertz CT molecular complexity index is 641. The Morgan fingerprint density at radius 2 is 2.00 bits per heavy atom. The van der Waals surface area contributed by atoms with Gasteiger partial charge >= 0.3 is 0 Å². The zero-order chi connectivity index (χ0) is 13.9. The lowest BCUT2D eigenvalue weighted by Crippen LogP contribution is -2.36. The molecule has 0 bridgehead atoms. The predicted octanol–water partition coefficient (Wildman–Crippen LogP) is 1.57. The van der Waals surface area contributed by atoms with Crippen molar-refractivity contribution in [2.45, 2.75) is 13.0 Å². The van der Waals surface area contributed by atoms with E-state index < -0.39 is 0 Å². The normalized spacial score (nSPS) is 13.8. The summed E-state index contributed by atoms with van der Waals surface area (Å²) in [6.07, 6.45) is 2.49. The van der Waals surface area contributed by atoms with Crippen LogP contribution in [0.25, 0.3) is 0 Å². The first-order valence-electron chi connectivity index (χ1n) is 6.57. The Kier molecular flexibility index (Phi) is 3.35. The number of hydrazine groups is 1. The molecule has 1 aromatic heterocycles. The number of benzene rings is 1. The highest BCUT2D eigenvalue weighted by atomic mass is 16.2. The van der Waals surface area contributed by atoms with Crippen LogP contribution in [0.2, 0.25) is 0 Å². The molecule has 0 unspecified atom stereocenters. The first-order chi connectivity index (χ1) is 9.79. The maximum absolute atomic E-state index is 12.6. The van der Waals surface area contributed by atoms with Crippen LogP contribution in [0.3, 0.4) is 0 Å². The number of carbonyl (C=O) groups is 1. The van der Waals surface area contributed by atoms with E-state index in [4.69, 9.17) is 5.84 Å². The van der Waals surface area contributed by atoms with Crippen LogP contribution in [0.1, 0.15) is 21.5 Å². The Hall–Kier alpha value is -2.40. The van der Waals surface area contributed by atoms with Crippen LogP contribution in [0.4, 0.5) is 5.82 Å². The molecule has 1 amide bonds. The van der Waals surface area contributed by atoms with E-state index >= 15 is 0 Å². The molecule has 0 fully saturated rings. The number of hydrogen-bond acceptors (Lipinski definition) is 4. The van der Waals surface area contributed by atoms with Crippen LogP contribution in [0.5, 0.6) is 0 Å². The molecular weight excluding hydrogens is 252 g/mol. The van der Waals surface area contributed by atoms with E-state index in [9.17, 15) is 4.79 Å². The Balaban J connectivity index is 1.86. The number of amides is 1. The molecule has 0 radical (unpaired) electrons. The second kappa shape index (κ2) is 5.30. The molecule has 5 heteroatoms. The number of carbonyl (C=O) groups excluding carboxylic acids is 1. The quantitative estimate of drug-likeness (QED) is 0.640. The third kappa shape index (κ3) is 2.23. The third-order valence-electron chi connectivity index (χ3n) is 3.59. The largest absolute Gasteiger partial charge is 0.334 e. The number of nitrogens with two attached hydrogens (primary N) is 1. The highest BCUT2D eigenvalue weighted by Crippen LogP contribution is 2.21. The molecule has 0 spiro atoms. The predicted molar refractivity (Wildman–Crippen MR) is 76.9 cm³/mol. The fraction of sp³-hybridized carbons (Fsp3) is 0.200. The van der Waals surface area contributed by atoms with Gasteiger partial charge in [0.2, 0.25) is 0 Å². The van der Waals surface area contributed by atoms with Crippen LogP contribution < -0.4 is 11.3 Å². The van der Waals surface area contributed by atoms with Crippen LogP contribution in [-0.4, -0.2) is 22.3 Å². The Morgan fingerprint density at radius 3 is 2.80 bits per heavy atom. The van der Waals surface area contributed by atoms with E-state index in [1.807, 2.05) is 17.0 Å². The number of fused-ring (bicyclic) bond motifs is 1. The summed E-state index contributed by atoms with van der Waals surface area (Å²) >= 11 is 0. The van der Waals surface area contributed by atoms with Crippen LogP contribution in [0, 0.1) is 0 Å². The maximum atomic E-state index is 12.6. The van der Waals surface area contributed by atoms with Gasteiger partial charge in [-0.2, -0.15) is 0 Å². The molecular formula is C15H16N4O. The third-order valence-corrected chi connectivity index (χ3v) is 3.59. The van der Waals surface area contributed by atoms with Gasteiger partial charge in [0.1, 0.15) is 0 Å². The van der Waals surface area contributed by atoms with E-state index in [-0.39, 0.29) is 5.91 Å². The summed E-state index contributed by atoms with van der Waals surface area (Å²) in [5.74, 6) is 5.78. The zero-order valence-corrected chi connectivity index (χ0v) is 11.0. The van der Waals surface area contributed by atoms with Crippen molar-refractivity contribution in [3.05, 3.63) is 59.3 Å². The van der Waals surface area contributed by atoms with Gasteiger partial charge in [-0.3, -0.25) is 4.79 Å². The topological polar surface area (TPSA) is 71.2 Å². The number of aromatic nitrogens is 1. The van der Waals surface area contributed by atoms with Crippen molar-refractivity contribution in [1.82, 2.24) is 9.88 Å². The summed E-state index contributed by atoms with van der Waals surface area (Å²) in [4.78, 5) is 18.5. The standard InChI is InChI=1S/C15H16N4O/c16-18-14-13(6-3-8-17-14)15(20)19-9-7-11-4-1-2-5-12(11)10-19/h1-6,8H,7,9-10,16H2,(H,17,18). The Morgan fingerprint density at radius 1 is 1.20 bits per heavy atom. The number of nitrogens with zero attached hydrogens (tertiary/aromatic N) is 2. The van der Waals surface area contributed by atoms with Gasteiger partial charge in [0.05, 0.1) is 5.56 Å². The van der Waals surface area contributed by atoms with Crippen molar-refractivity contribution in [2.75, 3.05) is 12.0 Å². The van der Waals surface area contributed by atoms with E-state index in [0.717, 1.165) is 13.0 Å². The van der Waals surface area contributed by atoms with Crippen molar-refractivity contribution in [3.63, 3.8) is 0 Å². The molecule has 20 heavy (non-hydrogen) atoms. The van der Waals surface area contributed by atoms with E-state index in [1.54, 1.807) is 18.3 Å². The van der Waals surface area contributed by atoms with Crippen LogP contribution in [-0.2, 0) is 13.0 Å². The van der Waals surface area contributed by atoms with Crippen LogP contribution >= 0.6 is 0 Å². The number of pyridine rings is 1. The molecule has 1 aliphatic rings. The maximum Gasteiger partial charge on any atom is 0.257 e. The monoisotopic (exact) mass is 268 g/mol. The molecule has 0 atom stereocenters. The SMILES string of the molecule is NNc1ncccc1C(=O)N1CCc2ccccc2C1. The lowest BCUT2D eigenvalue weighted by Gasteiger charge is -2.29. The van der Waals surface area contributed by atoms with Crippen molar-refractivity contribution < 1.29 is 4.79 Å². The average Bonchev–Trinajstić information content (AvgIpc) is 2.53. The van der Waals surface area contributed by atoms with Gasteiger partial charge in [-0.25, -0.2) is 10.8 Å². The molecule has 0 saturated carbocycles. The lowest BCUT2D eigenvalue weighted by molar-refractivity contribution is 0.0735. The molecule has 2 heterocycles. The van der Waals surface area contributed by atoms with Gasteiger partial charge < -0.3 is 10.3 Å². The van der Waals surface area contributed by atoms with Crippen LogP contribution in [0.15, 0.2) is 42.6 Å². The van der Waals surface area contributed by atoms with Gasteiger partial charge in [-0.1, -0.05) is 24.3 Å². The second-order valence-corrected chi connectivity index (χ2v) is 4.79. The molecule has 1 aliphatic heterocycles. The van der Waals surface area contributed by atoms with Gasteiger partial charge in [0, 0.05) is 19.3 Å². The lowest BCUT2D eigenvalue weighted by atomic mass is 9.99. The number of hydrogen-bond donors (Lipinski definition) is 2. The summed E-state index contributed by atoms with van der Waals surface area (Å²) in [6.45, 7) is 1.35. The van der Waals surface area contributed by atoms with Crippen molar-refractivity contribution >= 4 is 11.7 Å². The smallest absolute Gasteiger partial charge is 0.257 e. The van der Waals surface area contributed by atoms with Crippen molar-refractivity contribution in [1.29, 1.82) is 0 Å². The van der Waals surface area contributed by atoms with Gasteiger partial charge in [-0.05, 0) is 29.7 Å². The first-order valence-corrected chi connectivity index (χ1v) is 6.57. The van der Waals surface area contributed by atoms with Gasteiger partial charge in [0.15, 0.2) is 5.82 Å². The highest BCUT2D eigenvalue weighted by molar-refractivity contribution is 5.98. The second-order valence-electron chi connectivity index (χ2n) is 4.79. The molecule has 0 aliphatic carbocycles. The summed E-state index contributed by atoms with van der Waals surface area (Å²) in [7, 11) is 0. The summed E-state index contributed by atoms with van der Waals surface area (Å²) in [5.41, 5.74) is 5.51. The number of nitrogen functional groups attached to an aromatic ring is 1. The molecule has 0 saturated heterocycles. The first kappa shape index (κ1) is 12.6. The molecule has 1 aromatic carbocycles. The fourth-order valence-corrected chi connectivity index (χ4v) is 2.53. The summed E-state index contributed by atoms with van der Waals surface area (Å²) in [5, 5.41) is 0. The number of anilines is 1. The minimum absolute atomic E-state index is 0.0412. The van der Waals surface area contributed by atoms with Gasteiger partial charge in [0.25, 0.3) is 5.91 Å². The fourth-order valence-electron chi connectivity index (χ4n) is 2.53.